The summed E-state index contributed by atoms with van der Waals surface area (Å²) in [6.07, 6.45) is 3.67. The molecular weight excluding hydrogens is 516 g/mol. The molecule has 0 bridgehead atoms. The number of carbonyl (C=O) groups is 1. The molecular formula is C29H32N4O3S2. The molecule has 1 aromatic heterocycles. The minimum absolute atomic E-state index is 0.163. The van der Waals surface area contributed by atoms with Crippen molar-refractivity contribution < 1.29 is 13.2 Å². The number of thioether (sulfide) groups is 1. The van der Waals surface area contributed by atoms with Crippen LogP contribution in [0.4, 0.5) is 5.69 Å². The first kappa shape index (κ1) is 26.5. The van der Waals surface area contributed by atoms with Crippen LogP contribution in [-0.4, -0.2) is 47.0 Å². The van der Waals surface area contributed by atoms with E-state index >= 15 is 0 Å². The second-order valence-corrected chi connectivity index (χ2v) is 12.4. The Kier molecular flexibility index (Phi) is 8.16. The van der Waals surface area contributed by atoms with E-state index in [-0.39, 0.29) is 16.6 Å². The molecule has 198 valence electrons. The molecule has 0 aliphatic carbocycles. The lowest BCUT2D eigenvalue weighted by atomic mass is 10.1. The van der Waals surface area contributed by atoms with E-state index in [2.05, 4.69) is 22.0 Å². The van der Waals surface area contributed by atoms with Gasteiger partial charge in [-0.25, -0.2) is 13.4 Å². The highest BCUT2D eigenvalue weighted by Crippen LogP contribution is 2.27. The molecule has 5 rings (SSSR count). The average molecular weight is 549 g/mol. The third-order valence-corrected chi connectivity index (χ3v) is 9.84. The number of nitrogens with zero attached hydrogens (tertiary/aromatic N) is 3. The van der Waals surface area contributed by atoms with Crippen LogP contribution in [0.3, 0.4) is 0 Å². The van der Waals surface area contributed by atoms with Crippen molar-refractivity contribution in [2.24, 2.45) is 0 Å². The van der Waals surface area contributed by atoms with Gasteiger partial charge in [0.25, 0.3) is 0 Å². The quantitative estimate of drug-likeness (QED) is 0.280. The van der Waals surface area contributed by atoms with Crippen molar-refractivity contribution in [2.45, 2.75) is 49.2 Å². The SMILES string of the molecule is Cc1ccc(NC(=O)CSc2nc3ccccc3n2CCc2ccccc2)cc1S(=O)(=O)N1CCCCC1. The van der Waals surface area contributed by atoms with Gasteiger partial charge < -0.3 is 9.88 Å². The number of amides is 1. The van der Waals surface area contributed by atoms with Gasteiger partial charge in [0.2, 0.25) is 15.9 Å². The Hall–Kier alpha value is -3.14. The number of para-hydroxylation sites is 2. The van der Waals surface area contributed by atoms with Crippen molar-refractivity contribution in [3.63, 3.8) is 0 Å². The minimum Gasteiger partial charge on any atom is -0.325 e. The summed E-state index contributed by atoms with van der Waals surface area (Å²) >= 11 is 1.38. The zero-order valence-electron chi connectivity index (χ0n) is 21.5. The Bertz CT molecular complexity index is 1530. The van der Waals surface area contributed by atoms with Crippen LogP contribution in [0.1, 0.15) is 30.4 Å². The molecule has 0 radical (unpaired) electrons. The smallest absolute Gasteiger partial charge is 0.243 e. The molecule has 1 amide bonds. The molecule has 0 unspecified atom stereocenters. The third kappa shape index (κ3) is 5.95. The molecule has 2 heterocycles. The van der Waals surface area contributed by atoms with Crippen molar-refractivity contribution in [3.8, 4) is 0 Å². The highest BCUT2D eigenvalue weighted by molar-refractivity contribution is 7.99. The lowest BCUT2D eigenvalue weighted by Crippen LogP contribution is -2.36. The summed E-state index contributed by atoms with van der Waals surface area (Å²) in [5, 5.41) is 3.67. The zero-order chi connectivity index (χ0) is 26.5. The maximum absolute atomic E-state index is 13.2. The molecule has 1 aliphatic heterocycles. The van der Waals surface area contributed by atoms with Gasteiger partial charge >= 0.3 is 0 Å². The van der Waals surface area contributed by atoms with E-state index in [1.54, 1.807) is 29.4 Å². The average Bonchev–Trinajstić information content (AvgIpc) is 3.30. The number of sulfonamides is 1. The summed E-state index contributed by atoms with van der Waals surface area (Å²) < 4.78 is 30.2. The first-order valence-corrected chi connectivity index (χ1v) is 15.4. The number of rotatable bonds is 9. The fourth-order valence-corrected chi connectivity index (χ4v) is 7.40. The van der Waals surface area contributed by atoms with Crippen LogP contribution in [0.2, 0.25) is 0 Å². The summed E-state index contributed by atoms with van der Waals surface area (Å²) in [7, 11) is -3.59. The number of hydrogen-bond acceptors (Lipinski definition) is 5. The van der Waals surface area contributed by atoms with Gasteiger partial charge in [-0.2, -0.15) is 4.31 Å². The van der Waals surface area contributed by atoms with E-state index in [1.807, 2.05) is 42.5 Å². The largest absolute Gasteiger partial charge is 0.325 e. The molecule has 0 saturated carbocycles. The molecule has 1 fully saturated rings. The van der Waals surface area contributed by atoms with Crippen molar-refractivity contribution in [1.82, 2.24) is 13.9 Å². The number of piperidine rings is 1. The van der Waals surface area contributed by atoms with E-state index in [0.717, 1.165) is 48.4 Å². The van der Waals surface area contributed by atoms with E-state index in [0.29, 0.717) is 24.3 Å². The van der Waals surface area contributed by atoms with Crippen molar-refractivity contribution in [2.75, 3.05) is 24.2 Å². The highest BCUT2D eigenvalue weighted by atomic mass is 32.2. The number of aryl methyl sites for hydroxylation is 3. The van der Waals surface area contributed by atoms with E-state index in [9.17, 15) is 13.2 Å². The summed E-state index contributed by atoms with van der Waals surface area (Å²) in [4.78, 5) is 17.9. The van der Waals surface area contributed by atoms with Crippen LogP contribution >= 0.6 is 11.8 Å². The molecule has 0 spiro atoms. The zero-order valence-corrected chi connectivity index (χ0v) is 23.1. The number of fused-ring (bicyclic) bond motifs is 1. The number of imidazole rings is 1. The number of aromatic nitrogens is 2. The Balaban J connectivity index is 1.28. The van der Waals surface area contributed by atoms with E-state index in [4.69, 9.17) is 4.98 Å². The summed E-state index contributed by atoms with van der Waals surface area (Å²) in [6.45, 7) is 3.63. The second-order valence-electron chi connectivity index (χ2n) is 9.55. The van der Waals surface area contributed by atoms with Gasteiger partial charge in [-0.1, -0.05) is 66.7 Å². The predicted octanol–water partition coefficient (Wildman–Crippen LogP) is 5.49. The highest BCUT2D eigenvalue weighted by Gasteiger charge is 2.27. The first-order chi connectivity index (χ1) is 18.4. The van der Waals surface area contributed by atoms with Crippen LogP contribution in [0, 0.1) is 6.92 Å². The Morgan fingerprint density at radius 1 is 0.974 bits per heavy atom. The van der Waals surface area contributed by atoms with Gasteiger partial charge in [-0.05, 0) is 61.6 Å². The van der Waals surface area contributed by atoms with Crippen molar-refractivity contribution >= 4 is 44.4 Å². The normalized spacial score (nSPS) is 14.6. The minimum atomic E-state index is -3.59. The topological polar surface area (TPSA) is 84.3 Å². The maximum Gasteiger partial charge on any atom is 0.243 e. The molecule has 9 heteroatoms. The molecule has 7 nitrogen and oxygen atoms in total. The summed E-state index contributed by atoms with van der Waals surface area (Å²) in [5.41, 5.74) is 4.34. The number of benzene rings is 3. The molecule has 1 aliphatic rings. The fraction of sp³-hybridized carbons (Fsp3) is 0.310. The van der Waals surface area contributed by atoms with Gasteiger partial charge in [-0.3, -0.25) is 4.79 Å². The molecule has 0 atom stereocenters. The van der Waals surface area contributed by atoms with Crippen LogP contribution in [0.15, 0.2) is 82.8 Å². The monoisotopic (exact) mass is 548 g/mol. The van der Waals surface area contributed by atoms with Crippen LogP contribution in [0.25, 0.3) is 11.0 Å². The molecule has 4 aromatic rings. The van der Waals surface area contributed by atoms with Gasteiger partial charge in [0.15, 0.2) is 5.16 Å². The van der Waals surface area contributed by atoms with Gasteiger partial charge in [0.05, 0.1) is 21.7 Å². The molecule has 38 heavy (non-hydrogen) atoms. The van der Waals surface area contributed by atoms with E-state index in [1.165, 1.54) is 17.3 Å². The molecule has 1 N–H and O–H groups in total. The van der Waals surface area contributed by atoms with Crippen LogP contribution < -0.4 is 5.32 Å². The van der Waals surface area contributed by atoms with Crippen LogP contribution in [-0.2, 0) is 27.8 Å². The molecule has 3 aromatic carbocycles. The molecule has 1 saturated heterocycles. The Morgan fingerprint density at radius 2 is 1.71 bits per heavy atom. The summed E-state index contributed by atoms with van der Waals surface area (Å²) in [6, 6.07) is 23.4. The maximum atomic E-state index is 13.2. The van der Waals surface area contributed by atoms with Crippen LogP contribution in [0.5, 0.6) is 0 Å². The first-order valence-electron chi connectivity index (χ1n) is 12.9. The third-order valence-electron chi connectivity index (χ3n) is 6.82. The lowest BCUT2D eigenvalue weighted by Gasteiger charge is -2.26. The lowest BCUT2D eigenvalue weighted by molar-refractivity contribution is -0.113. The van der Waals surface area contributed by atoms with Crippen molar-refractivity contribution in [1.29, 1.82) is 0 Å². The predicted molar refractivity (Wildman–Crippen MR) is 153 cm³/mol. The Morgan fingerprint density at radius 3 is 2.50 bits per heavy atom. The Labute approximate surface area is 228 Å². The summed E-state index contributed by atoms with van der Waals surface area (Å²) in [5.74, 6) is -0.0432. The van der Waals surface area contributed by atoms with E-state index < -0.39 is 10.0 Å². The van der Waals surface area contributed by atoms with Crippen molar-refractivity contribution in [3.05, 3.63) is 83.9 Å². The number of anilines is 1. The number of nitrogens with one attached hydrogen (secondary N) is 1. The number of hydrogen-bond donors (Lipinski definition) is 1. The van der Waals surface area contributed by atoms with Gasteiger partial charge in [0, 0.05) is 25.3 Å². The van der Waals surface area contributed by atoms with Gasteiger partial charge in [-0.15, -0.1) is 0 Å². The number of carbonyl (C=O) groups excluding carboxylic acids is 1. The second kappa shape index (κ2) is 11.7. The van der Waals surface area contributed by atoms with Gasteiger partial charge in [0.1, 0.15) is 0 Å². The standard InChI is InChI=1S/C29H32N4O3S2/c1-22-14-15-24(20-27(22)38(35,36)32-17-8-3-9-18-32)30-28(34)21-37-29-31-25-12-6-7-13-26(25)33(29)19-16-23-10-4-2-5-11-23/h2,4-7,10-15,20H,3,8-9,16-19,21H2,1H3,(H,30,34). The fourth-order valence-electron chi connectivity index (χ4n) is 4.79.